The van der Waals surface area contributed by atoms with Crippen LogP contribution >= 0.6 is 11.6 Å². The minimum absolute atomic E-state index is 0.111. The Morgan fingerprint density at radius 3 is 2.45 bits per heavy atom. The smallest absolute Gasteiger partial charge is 0.159 e. The van der Waals surface area contributed by atoms with Crippen molar-refractivity contribution < 1.29 is 8.78 Å². The van der Waals surface area contributed by atoms with Gasteiger partial charge in [0.1, 0.15) is 0 Å². The standard InChI is InChI=1S/C16H16ClF2N/c1-20-13(10-12-4-2-3-5-14(12)17)8-11-6-7-15(18)16(19)9-11/h2-7,9,13,20H,8,10H2,1H3. The highest BCUT2D eigenvalue weighted by Gasteiger charge is 2.12. The zero-order chi connectivity index (χ0) is 14.5. The van der Waals surface area contributed by atoms with Crippen LogP contribution in [0.15, 0.2) is 42.5 Å². The molecule has 0 saturated carbocycles. The summed E-state index contributed by atoms with van der Waals surface area (Å²) >= 11 is 6.14. The van der Waals surface area contributed by atoms with Crippen LogP contribution in [-0.4, -0.2) is 13.1 Å². The number of halogens is 3. The Balaban J connectivity index is 2.09. The van der Waals surface area contributed by atoms with Crippen LogP contribution in [-0.2, 0) is 12.8 Å². The lowest BCUT2D eigenvalue weighted by Crippen LogP contribution is -2.30. The monoisotopic (exact) mass is 295 g/mol. The highest BCUT2D eigenvalue weighted by Crippen LogP contribution is 2.18. The van der Waals surface area contributed by atoms with Crippen LogP contribution in [0, 0.1) is 11.6 Å². The highest BCUT2D eigenvalue weighted by atomic mass is 35.5. The van der Waals surface area contributed by atoms with E-state index in [1.165, 1.54) is 6.07 Å². The summed E-state index contributed by atoms with van der Waals surface area (Å²) in [5.74, 6) is -1.63. The van der Waals surface area contributed by atoms with Gasteiger partial charge in [0.2, 0.25) is 0 Å². The molecule has 0 saturated heterocycles. The molecule has 1 unspecified atom stereocenters. The molecule has 2 aromatic rings. The second-order valence-electron chi connectivity index (χ2n) is 4.73. The first-order valence-corrected chi connectivity index (χ1v) is 6.82. The quantitative estimate of drug-likeness (QED) is 0.879. The summed E-state index contributed by atoms with van der Waals surface area (Å²) in [5.41, 5.74) is 1.80. The minimum atomic E-state index is -0.819. The maximum atomic E-state index is 13.2. The van der Waals surface area contributed by atoms with Crippen LogP contribution in [0.1, 0.15) is 11.1 Å². The number of hydrogen-bond donors (Lipinski definition) is 1. The number of benzene rings is 2. The van der Waals surface area contributed by atoms with Crippen molar-refractivity contribution in [3.63, 3.8) is 0 Å². The lowest BCUT2D eigenvalue weighted by atomic mass is 9.99. The predicted molar refractivity (Wildman–Crippen MR) is 78.1 cm³/mol. The van der Waals surface area contributed by atoms with Crippen molar-refractivity contribution in [1.82, 2.24) is 5.32 Å². The fourth-order valence-corrected chi connectivity index (χ4v) is 2.37. The van der Waals surface area contributed by atoms with Gasteiger partial charge in [0, 0.05) is 11.1 Å². The zero-order valence-electron chi connectivity index (χ0n) is 11.2. The van der Waals surface area contributed by atoms with Crippen molar-refractivity contribution in [3.8, 4) is 0 Å². The first-order chi connectivity index (χ1) is 9.60. The average molecular weight is 296 g/mol. The Labute approximate surface area is 122 Å². The van der Waals surface area contributed by atoms with Gasteiger partial charge in [-0.1, -0.05) is 35.9 Å². The van der Waals surface area contributed by atoms with E-state index in [9.17, 15) is 8.78 Å². The first kappa shape index (κ1) is 14.9. The van der Waals surface area contributed by atoms with E-state index in [1.54, 1.807) is 6.07 Å². The van der Waals surface area contributed by atoms with Gasteiger partial charge in [0.05, 0.1) is 0 Å². The SMILES string of the molecule is CNC(Cc1ccc(F)c(F)c1)Cc1ccccc1Cl. The third kappa shape index (κ3) is 3.78. The molecule has 106 valence electrons. The lowest BCUT2D eigenvalue weighted by Gasteiger charge is -2.17. The van der Waals surface area contributed by atoms with Gasteiger partial charge in [-0.15, -0.1) is 0 Å². The Bertz CT molecular complexity index is 586. The van der Waals surface area contributed by atoms with E-state index in [2.05, 4.69) is 5.32 Å². The van der Waals surface area contributed by atoms with Gasteiger partial charge in [-0.3, -0.25) is 0 Å². The topological polar surface area (TPSA) is 12.0 Å². The van der Waals surface area contributed by atoms with E-state index in [4.69, 9.17) is 11.6 Å². The fraction of sp³-hybridized carbons (Fsp3) is 0.250. The van der Waals surface area contributed by atoms with E-state index in [0.29, 0.717) is 6.42 Å². The summed E-state index contributed by atoms with van der Waals surface area (Å²) < 4.78 is 26.1. The summed E-state index contributed by atoms with van der Waals surface area (Å²) in [6.45, 7) is 0. The van der Waals surface area contributed by atoms with Crippen molar-refractivity contribution in [2.24, 2.45) is 0 Å². The predicted octanol–water partition coefficient (Wildman–Crippen LogP) is 3.99. The molecule has 0 spiro atoms. The molecule has 0 aromatic heterocycles. The molecule has 2 aromatic carbocycles. The minimum Gasteiger partial charge on any atom is -0.316 e. The summed E-state index contributed by atoms with van der Waals surface area (Å²) in [6.07, 6.45) is 1.34. The van der Waals surface area contributed by atoms with E-state index in [-0.39, 0.29) is 6.04 Å². The van der Waals surface area contributed by atoms with Gasteiger partial charge < -0.3 is 5.32 Å². The highest BCUT2D eigenvalue weighted by molar-refractivity contribution is 6.31. The summed E-state index contributed by atoms with van der Waals surface area (Å²) in [7, 11) is 1.85. The third-order valence-corrected chi connectivity index (χ3v) is 3.67. The van der Waals surface area contributed by atoms with Crippen LogP contribution in [0.2, 0.25) is 5.02 Å². The van der Waals surface area contributed by atoms with Crippen LogP contribution in [0.3, 0.4) is 0 Å². The Kier molecular flexibility index (Phi) is 5.10. The van der Waals surface area contributed by atoms with Crippen molar-refractivity contribution >= 4 is 11.6 Å². The van der Waals surface area contributed by atoms with Gasteiger partial charge in [0.25, 0.3) is 0 Å². The van der Waals surface area contributed by atoms with E-state index in [0.717, 1.165) is 28.6 Å². The van der Waals surface area contributed by atoms with Crippen molar-refractivity contribution in [1.29, 1.82) is 0 Å². The Morgan fingerprint density at radius 2 is 1.80 bits per heavy atom. The van der Waals surface area contributed by atoms with E-state index >= 15 is 0 Å². The molecule has 1 N–H and O–H groups in total. The van der Waals surface area contributed by atoms with Crippen LogP contribution in [0.5, 0.6) is 0 Å². The summed E-state index contributed by atoms with van der Waals surface area (Å²) in [4.78, 5) is 0. The molecule has 0 aliphatic heterocycles. The zero-order valence-corrected chi connectivity index (χ0v) is 11.9. The molecule has 4 heteroatoms. The molecule has 20 heavy (non-hydrogen) atoms. The molecule has 0 amide bonds. The largest absolute Gasteiger partial charge is 0.316 e. The van der Waals surface area contributed by atoms with Gasteiger partial charge >= 0.3 is 0 Å². The van der Waals surface area contributed by atoms with Crippen LogP contribution in [0.25, 0.3) is 0 Å². The van der Waals surface area contributed by atoms with E-state index in [1.807, 2.05) is 31.3 Å². The molecule has 2 rings (SSSR count). The van der Waals surface area contributed by atoms with E-state index < -0.39 is 11.6 Å². The molecule has 0 bridgehead atoms. The molecule has 0 aliphatic carbocycles. The molecule has 0 fully saturated rings. The average Bonchev–Trinajstić information content (AvgIpc) is 2.44. The van der Waals surface area contributed by atoms with Gasteiger partial charge in [-0.05, 0) is 49.2 Å². The number of hydrogen-bond acceptors (Lipinski definition) is 1. The number of likely N-dealkylation sites (N-methyl/N-ethyl adjacent to an activating group) is 1. The number of rotatable bonds is 5. The molecular weight excluding hydrogens is 280 g/mol. The molecule has 1 nitrogen and oxygen atoms in total. The van der Waals surface area contributed by atoms with Gasteiger partial charge in [0.15, 0.2) is 11.6 Å². The fourth-order valence-electron chi connectivity index (χ4n) is 2.16. The summed E-state index contributed by atoms with van der Waals surface area (Å²) in [5, 5.41) is 3.91. The van der Waals surface area contributed by atoms with Crippen molar-refractivity contribution in [3.05, 3.63) is 70.2 Å². The molecule has 0 heterocycles. The van der Waals surface area contributed by atoms with Crippen molar-refractivity contribution in [2.45, 2.75) is 18.9 Å². The molecule has 0 aliphatic rings. The number of nitrogens with one attached hydrogen (secondary N) is 1. The van der Waals surface area contributed by atoms with Crippen LogP contribution in [0.4, 0.5) is 8.78 Å². The summed E-state index contributed by atoms with van der Waals surface area (Å²) in [6, 6.07) is 11.8. The normalized spacial score (nSPS) is 12.4. The third-order valence-electron chi connectivity index (χ3n) is 3.30. The van der Waals surface area contributed by atoms with Gasteiger partial charge in [-0.25, -0.2) is 8.78 Å². The Hall–Kier alpha value is -1.45. The second-order valence-corrected chi connectivity index (χ2v) is 5.14. The maximum Gasteiger partial charge on any atom is 0.159 e. The molecule has 0 radical (unpaired) electrons. The van der Waals surface area contributed by atoms with Crippen molar-refractivity contribution in [2.75, 3.05) is 7.05 Å². The second kappa shape index (κ2) is 6.82. The molecule has 1 atom stereocenters. The Morgan fingerprint density at radius 1 is 1.05 bits per heavy atom. The van der Waals surface area contributed by atoms with Crippen LogP contribution < -0.4 is 5.32 Å². The first-order valence-electron chi connectivity index (χ1n) is 6.44. The lowest BCUT2D eigenvalue weighted by molar-refractivity contribution is 0.503. The van der Waals surface area contributed by atoms with Gasteiger partial charge in [-0.2, -0.15) is 0 Å². The molecular formula is C16H16ClF2N. The maximum absolute atomic E-state index is 13.2.